The molecule has 0 fully saturated rings. The lowest BCUT2D eigenvalue weighted by molar-refractivity contribution is 0.324. The molecule has 1 N–H and O–H groups in total. The van der Waals surface area contributed by atoms with E-state index in [0.29, 0.717) is 45.6 Å². The van der Waals surface area contributed by atoms with Crippen LogP contribution in [0, 0.1) is 0 Å². The predicted molar refractivity (Wildman–Crippen MR) is 130 cm³/mol. The second kappa shape index (κ2) is 12.9. The van der Waals surface area contributed by atoms with Gasteiger partial charge in [0.2, 0.25) is 11.5 Å². The molecule has 2 aromatic rings. The van der Waals surface area contributed by atoms with E-state index in [-0.39, 0.29) is 0 Å². The summed E-state index contributed by atoms with van der Waals surface area (Å²) in [5.74, 6) is 2.77. The van der Waals surface area contributed by atoms with Gasteiger partial charge in [0.05, 0.1) is 42.7 Å². The van der Waals surface area contributed by atoms with E-state index in [4.69, 9.17) is 28.4 Å². The summed E-state index contributed by atoms with van der Waals surface area (Å²) in [7, 11) is 5.62. The van der Waals surface area contributed by atoms with Gasteiger partial charge < -0.3 is 28.4 Å². The average Bonchev–Trinajstić information content (AvgIpc) is 2.84. The molecule has 0 radical (unpaired) electrons. The first kappa shape index (κ1) is 26.2. The minimum Gasteiger partial charge on any atom is -0.493 e. The topological polar surface area (TPSA) is 102 Å². The Balaban J connectivity index is 2.10. The lowest BCUT2D eigenvalue weighted by Crippen LogP contribution is -2.15. The van der Waals surface area contributed by atoms with Crippen LogP contribution in [-0.2, 0) is 22.0 Å². The number of ether oxygens (including phenoxy) is 6. The average molecular weight is 498 g/mol. The maximum absolute atomic E-state index is 12.3. The Morgan fingerprint density at radius 1 is 0.576 bits per heavy atom. The summed E-state index contributed by atoms with van der Waals surface area (Å²) in [6, 6.07) is 6.82. The minimum absolute atomic E-state index is 0.453. The summed E-state index contributed by atoms with van der Waals surface area (Å²) in [6.07, 6.45) is 3.18. The Kier molecular flexibility index (Phi) is 10.2. The smallest absolute Gasteiger partial charge is 0.203 e. The predicted octanol–water partition coefficient (Wildman–Crippen LogP) is 3.30. The van der Waals surface area contributed by atoms with Crippen molar-refractivity contribution in [2.75, 3.05) is 42.7 Å². The third-order valence-electron chi connectivity index (χ3n) is 4.31. The Bertz CT molecular complexity index is 935. The zero-order valence-corrected chi connectivity index (χ0v) is 20.8. The molecule has 2 rings (SSSR count). The van der Waals surface area contributed by atoms with E-state index < -0.39 is 22.0 Å². The van der Waals surface area contributed by atoms with Crippen molar-refractivity contribution in [3.63, 3.8) is 0 Å². The van der Waals surface area contributed by atoms with Crippen LogP contribution in [0.2, 0.25) is 0 Å². The lowest BCUT2D eigenvalue weighted by atomic mass is 10.2. The Morgan fingerprint density at radius 2 is 0.879 bits per heavy atom. The van der Waals surface area contributed by atoms with Crippen LogP contribution in [0.1, 0.15) is 11.1 Å². The molecule has 33 heavy (non-hydrogen) atoms. The van der Waals surface area contributed by atoms with Gasteiger partial charge in [-0.1, -0.05) is 0 Å². The van der Waals surface area contributed by atoms with E-state index in [2.05, 4.69) is 4.13 Å². The van der Waals surface area contributed by atoms with Crippen LogP contribution in [0.5, 0.6) is 34.5 Å². The largest absolute Gasteiger partial charge is 0.493 e. The third-order valence-corrected chi connectivity index (χ3v) is 6.39. The molecule has 180 valence electrons. The Hall–Kier alpha value is -3.02. The van der Waals surface area contributed by atoms with Crippen molar-refractivity contribution in [2.24, 2.45) is 0 Å². The number of rotatable bonds is 12. The maximum Gasteiger partial charge on any atom is 0.203 e. The maximum atomic E-state index is 12.3. The molecule has 2 atom stereocenters. The van der Waals surface area contributed by atoms with E-state index in [9.17, 15) is 8.42 Å². The second-order valence-electron chi connectivity index (χ2n) is 6.20. The van der Waals surface area contributed by atoms with E-state index in [0.717, 1.165) is 0 Å². The molecule has 0 heterocycles. The van der Waals surface area contributed by atoms with Crippen LogP contribution in [0.25, 0.3) is 12.2 Å². The quantitative estimate of drug-likeness (QED) is 0.477. The molecule has 9 nitrogen and oxygen atoms in total. The highest BCUT2D eigenvalue weighted by atomic mass is 32.3. The van der Waals surface area contributed by atoms with E-state index in [1.807, 2.05) is 0 Å². The highest BCUT2D eigenvalue weighted by molar-refractivity contribution is 8.01. The van der Waals surface area contributed by atoms with Gasteiger partial charge in [-0.25, -0.2) is 8.42 Å². The number of benzene rings is 2. The molecule has 2 aromatic carbocycles. The molecule has 0 bridgehead atoms. The van der Waals surface area contributed by atoms with E-state index in [1.165, 1.54) is 53.5 Å². The molecule has 0 spiro atoms. The molecule has 0 aliphatic rings. The van der Waals surface area contributed by atoms with Crippen molar-refractivity contribution in [2.45, 2.75) is 0 Å². The van der Waals surface area contributed by atoms with Crippen LogP contribution in [0.3, 0.4) is 0 Å². The molecule has 0 amide bonds. The van der Waals surface area contributed by atoms with Crippen molar-refractivity contribution in [1.29, 1.82) is 0 Å². The Morgan fingerprint density at radius 3 is 1.12 bits per heavy atom. The summed E-state index contributed by atoms with van der Waals surface area (Å²) in [4.78, 5) is 0. The number of hydrogen-bond acceptors (Lipinski definition) is 8. The van der Waals surface area contributed by atoms with Gasteiger partial charge in [-0.15, -0.1) is 4.13 Å². The third kappa shape index (κ3) is 6.98. The monoisotopic (exact) mass is 497 g/mol. The molecular formula is C22H27NO8S2. The fraction of sp³-hybridized carbons (Fsp3) is 0.273. The molecule has 0 aromatic heterocycles. The molecule has 2 unspecified atom stereocenters. The van der Waals surface area contributed by atoms with Crippen molar-refractivity contribution in [3.8, 4) is 34.5 Å². The molecular weight excluding hydrogens is 470 g/mol. The molecule has 0 aliphatic heterocycles. The fourth-order valence-corrected chi connectivity index (χ4v) is 4.47. The van der Waals surface area contributed by atoms with Crippen molar-refractivity contribution in [3.05, 3.63) is 46.2 Å². The minimum atomic E-state index is -1.71. The highest BCUT2D eigenvalue weighted by Crippen LogP contribution is 2.39. The first-order valence-corrected chi connectivity index (χ1v) is 11.9. The van der Waals surface area contributed by atoms with Crippen LogP contribution in [-0.4, -0.2) is 51.1 Å². The number of methoxy groups -OCH3 is 6. The fourth-order valence-electron chi connectivity index (χ4n) is 2.81. The van der Waals surface area contributed by atoms with Crippen LogP contribution >= 0.6 is 0 Å². The highest BCUT2D eigenvalue weighted by Gasteiger charge is 2.13. The van der Waals surface area contributed by atoms with Gasteiger partial charge in [0.1, 0.15) is 22.0 Å². The van der Waals surface area contributed by atoms with E-state index in [1.54, 1.807) is 36.4 Å². The first-order chi connectivity index (χ1) is 15.9. The van der Waals surface area contributed by atoms with Crippen LogP contribution in [0.15, 0.2) is 35.1 Å². The van der Waals surface area contributed by atoms with Gasteiger partial charge in [0, 0.05) is 10.8 Å². The van der Waals surface area contributed by atoms with Crippen LogP contribution < -0.4 is 32.5 Å². The van der Waals surface area contributed by atoms with E-state index >= 15 is 0 Å². The van der Waals surface area contributed by atoms with Gasteiger partial charge in [-0.2, -0.15) is 0 Å². The second-order valence-corrected chi connectivity index (χ2v) is 8.60. The normalized spacial score (nSPS) is 13.0. The Labute approximate surface area is 198 Å². The standard InChI is InChI=1S/C22H27NO8S2/c1-26-17-11-15(12-18(27-2)21(17)30-5)7-9-32(24)23-33(25)10-8-16-13-19(28-3)22(31-6)20(14-16)29-4/h7-14,23H,1-6H3/b9-7-,10-8+. The first-order valence-electron chi connectivity index (χ1n) is 9.44. The molecule has 11 heteroatoms. The molecule has 0 saturated carbocycles. The summed E-state index contributed by atoms with van der Waals surface area (Å²) >= 11 is 0. The van der Waals surface area contributed by atoms with Gasteiger partial charge in [-0.3, -0.25) is 0 Å². The van der Waals surface area contributed by atoms with Gasteiger partial charge in [0.25, 0.3) is 0 Å². The molecule has 0 saturated heterocycles. The van der Waals surface area contributed by atoms with Gasteiger partial charge in [-0.05, 0) is 47.5 Å². The lowest BCUT2D eigenvalue weighted by Gasteiger charge is -2.12. The van der Waals surface area contributed by atoms with Gasteiger partial charge in [0.15, 0.2) is 23.0 Å². The molecule has 0 aliphatic carbocycles. The summed E-state index contributed by atoms with van der Waals surface area (Å²) in [5, 5.41) is 2.73. The summed E-state index contributed by atoms with van der Waals surface area (Å²) in [5.41, 5.74) is 1.33. The zero-order valence-electron chi connectivity index (χ0n) is 19.2. The summed E-state index contributed by atoms with van der Waals surface area (Å²) in [6.45, 7) is 0. The zero-order chi connectivity index (χ0) is 24.4. The van der Waals surface area contributed by atoms with Crippen molar-refractivity contribution in [1.82, 2.24) is 4.13 Å². The van der Waals surface area contributed by atoms with Crippen molar-refractivity contribution >= 4 is 34.1 Å². The number of nitrogens with one attached hydrogen (secondary N) is 1. The summed E-state index contributed by atoms with van der Waals surface area (Å²) < 4.78 is 58.8. The van der Waals surface area contributed by atoms with Crippen molar-refractivity contribution < 1.29 is 36.8 Å². The SMILES string of the molecule is COc1cc(/C=C\S(=O)NS(=O)/C=C/c2cc(OC)c(OC)c(OC)c2)cc(OC)c1OC. The number of hydrogen-bond donors (Lipinski definition) is 1. The van der Waals surface area contributed by atoms with Crippen LogP contribution in [0.4, 0.5) is 0 Å². The van der Waals surface area contributed by atoms with Gasteiger partial charge >= 0.3 is 0 Å².